The lowest BCUT2D eigenvalue weighted by Crippen LogP contribution is -2.33. The van der Waals surface area contributed by atoms with Crippen LogP contribution in [0.5, 0.6) is 11.5 Å². The van der Waals surface area contributed by atoms with E-state index in [1.54, 1.807) is 25.2 Å². The highest BCUT2D eigenvalue weighted by molar-refractivity contribution is 5.93. The maximum absolute atomic E-state index is 11.9. The molecule has 49 heavy (non-hydrogen) atoms. The van der Waals surface area contributed by atoms with Crippen molar-refractivity contribution in [1.82, 2.24) is 15.1 Å². The summed E-state index contributed by atoms with van der Waals surface area (Å²) in [6.07, 6.45) is 1.65. The minimum atomic E-state index is -0.670. The minimum absolute atomic E-state index is 0.0612. The minimum Gasteiger partial charge on any atom is -0.504 e. The first-order chi connectivity index (χ1) is 23.4. The molecule has 0 aliphatic heterocycles. The molecule has 6 N–H and O–H groups in total. The van der Waals surface area contributed by atoms with Crippen molar-refractivity contribution in [3.05, 3.63) is 82.9 Å². The summed E-state index contributed by atoms with van der Waals surface area (Å²) in [5.41, 5.74) is 5.38. The van der Waals surface area contributed by atoms with Gasteiger partial charge in [0, 0.05) is 31.0 Å². The van der Waals surface area contributed by atoms with Gasteiger partial charge in [-0.2, -0.15) is 0 Å². The molecule has 1 amide bonds. The van der Waals surface area contributed by atoms with Gasteiger partial charge in [0.2, 0.25) is 5.91 Å². The van der Waals surface area contributed by atoms with Crippen molar-refractivity contribution >= 4 is 23.3 Å². The van der Waals surface area contributed by atoms with Gasteiger partial charge in [0.15, 0.2) is 11.5 Å². The largest absolute Gasteiger partial charge is 0.504 e. The number of unbranched alkanes of at least 4 members (excludes halogenated alkanes) is 1. The predicted octanol–water partition coefficient (Wildman–Crippen LogP) is 5.55. The van der Waals surface area contributed by atoms with Crippen LogP contribution >= 0.6 is 0 Å². The summed E-state index contributed by atoms with van der Waals surface area (Å²) in [7, 11) is 5.62. The second-order valence-corrected chi connectivity index (χ2v) is 11.9. The molecule has 0 bridgehead atoms. The Morgan fingerprint density at radius 1 is 0.898 bits per heavy atom. The second kappa shape index (κ2) is 24.0. The Balaban J connectivity index is 0.000000374. The lowest BCUT2D eigenvalue weighted by atomic mass is 10.1. The summed E-state index contributed by atoms with van der Waals surface area (Å²) in [5, 5.41) is 36.7. The van der Waals surface area contributed by atoms with Crippen LogP contribution in [0.3, 0.4) is 0 Å². The Bertz CT molecular complexity index is 1360. The van der Waals surface area contributed by atoms with Crippen molar-refractivity contribution in [1.29, 1.82) is 0 Å². The summed E-state index contributed by atoms with van der Waals surface area (Å²) in [5.74, 6) is -0.596. The van der Waals surface area contributed by atoms with Crippen LogP contribution in [0.4, 0.5) is 11.4 Å². The van der Waals surface area contributed by atoms with Gasteiger partial charge in [-0.05, 0) is 108 Å². The summed E-state index contributed by atoms with van der Waals surface area (Å²) in [6.45, 7) is 15.1. The normalized spacial score (nSPS) is 11.2. The number of phenols is 2. The number of aliphatic hydroxyl groups excluding tert-OH is 1. The number of phenolic OH excluding ortho intramolecular Hbond substituents is 2. The fourth-order valence-corrected chi connectivity index (χ4v) is 4.44. The van der Waals surface area contributed by atoms with Gasteiger partial charge in [-0.3, -0.25) is 9.69 Å². The number of nitrogens with zero attached hydrogens (tertiary/aromatic N) is 2. The van der Waals surface area contributed by atoms with Gasteiger partial charge in [-0.1, -0.05) is 51.5 Å². The van der Waals surface area contributed by atoms with Crippen molar-refractivity contribution in [2.75, 3.05) is 77.7 Å². The van der Waals surface area contributed by atoms with E-state index in [1.165, 1.54) is 18.6 Å². The van der Waals surface area contributed by atoms with Gasteiger partial charge in [-0.25, -0.2) is 4.79 Å². The fraction of sp³-hybridized carbons (Fsp3) is 0.474. The molecule has 0 spiro atoms. The highest BCUT2D eigenvalue weighted by atomic mass is 16.5. The Labute approximate surface area is 293 Å². The first-order valence-electron chi connectivity index (χ1n) is 16.9. The van der Waals surface area contributed by atoms with E-state index in [0.29, 0.717) is 30.8 Å². The zero-order valence-electron chi connectivity index (χ0n) is 30.7. The number of aryl methyl sites for hydroxylation is 2. The molecule has 0 aliphatic carbocycles. The molecule has 0 radical (unpaired) electrons. The number of aromatic hydroxyl groups is 2. The van der Waals surface area contributed by atoms with Crippen LogP contribution in [-0.2, 0) is 9.53 Å². The zero-order valence-corrected chi connectivity index (χ0v) is 30.7. The number of anilines is 2. The molecule has 3 aromatic rings. The zero-order chi connectivity index (χ0) is 36.8. The Morgan fingerprint density at radius 2 is 1.53 bits per heavy atom. The Hall–Kier alpha value is -4.16. The third-order valence-corrected chi connectivity index (χ3v) is 7.54. The predicted molar refractivity (Wildman–Crippen MR) is 200 cm³/mol. The number of rotatable bonds is 16. The lowest BCUT2D eigenvalue weighted by molar-refractivity contribution is -0.117. The molecule has 11 nitrogen and oxygen atoms in total. The number of carbonyl (C=O) groups is 2. The molecule has 3 rings (SSSR count). The molecule has 0 aromatic heterocycles. The van der Waals surface area contributed by atoms with E-state index in [1.807, 2.05) is 63.2 Å². The second-order valence-electron chi connectivity index (χ2n) is 11.9. The number of nitrogens with one attached hydrogen (secondary N) is 3. The average Bonchev–Trinajstić information content (AvgIpc) is 3.07. The highest BCUT2D eigenvalue weighted by Gasteiger charge is 2.11. The molecule has 0 heterocycles. The first kappa shape index (κ1) is 42.9. The van der Waals surface area contributed by atoms with Gasteiger partial charge in [0.1, 0.15) is 6.61 Å². The van der Waals surface area contributed by atoms with Crippen LogP contribution in [0, 0.1) is 13.8 Å². The van der Waals surface area contributed by atoms with Crippen LogP contribution in [0.1, 0.15) is 66.8 Å². The lowest BCUT2D eigenvalue weighted by Gasteiger charge is -2.18. The van der Waals surface area contributed by atoms with E-state index < -0.39 is 6.10 Å². The molecule has 0 saturated heterocycles. The monoisotopic (exact) mass is 681 g/mol. The molecule has 1 atom stereocenters. The van der Waals surface area contributed by atoms with E-state index in [2.05, 4.69) is 41.6 Å². The number of hydrogen-bond donors (Lipinski definition) is 6. The maximum Gasteiger partial charge on any atom is 0.338 e. The van der Waals surface area contributed by atoms with Crippen LogP contribution in [0.25, 0.3) is 0 Å². The Morgan fingerprint density at radius 3 is 2.06 bits per heavy atom. The van der Waals surface area contributed by atoms with Crippen LogP contribution < -0.4 is 16.0 Å². The quantitative estimate of drug-likeness (QED) is 0.0646. The number of esters is 1. The molecule has 0 aliphatic rings. The van der Waals surface area contributed by atoms with Gasteiger partial charge < -0.3 is 40.9 Å². The van der Waals surface area contributed by atoms with Gasteiger partial charge >= 0.3 is 5.97 Å². The first-order valence-corrected chi connectivity index (χ1v) is 16.9. The van der Waals surface area contributed by atoms with E-state index in [4.69, 9.17) is 14.9 Å². The summed E-state index contributed by atoms with van der Waals surface area (Å²) >= 11 is 0. The van der Waals surface area contributed by atoms with Crippen LogP contribution in [0.15, 0.2) is 60.7 Å². The third-order valence-electron chi connectivity index (χ3n) is 7.54. The number of hydrogen-bond acceptors (Lipinski definition) is 10. The SMILES string of the molecule is CCCCNc1ccc(C(=O)OCCN(C)C)cc1.CCN(CC)CC(=O)Nc1c(C)cccc1C.CNC[C@H](O)c1ccc(O)c(O)c1. The Kier molecular flexibility index (Phi) is 21.0. The van der Waals surface area contributed by atoms with Crippen LogP contribution in [0.2, 0.25) is 0 Å². The van der Waals surface area contributed by atoms with Gasteiger partial charge in [0.05, 0.1) is 18.2 Å². The number of likely N-dealkylation sites (N-methyl/N-ethyl adjacent to an activating group) is 3. The standard InChI is InChI=1S/C15H24N2O2.C14H22N2O.C9H13NO3/c1-4-5-10-16-14-8-6-13(7-9-14)15(18)19-12-11-17(2)3;1-5-16(6-2)10-13(17)15-14-11(3)8-7-9-12(14)4;1-10-5-9(13)6-2-3-7(11)8(12)4-6/h6-9,16H,4-5,10-12H2,1-3H3;7-9H,5-6,10H2,1-4H3,(H,15,17);2-4,9-13H,5H2,1H3/t;;9-/m..0/s1. The van der Waals surface area contributed by atoms with Gasteiger partial charge in [-0.15, -0.1) is 0 Å². The van der Waals surface area contributed by atoms with Crippen LogP contribution in [-0.4, -0.2) is 104 Å². The topological polar surface area (TPSA) is 147 Å². The van der Waals surface area contributed by atoms with Crippen molar-refractivity contribution in [2.45, 2.75) is 53.6 Å². The fourth-order valence-electron chi connectivity index (χ4n) is 4.44. The molecule has 0 unspecified atom stereocenters. The van der Waals surface area contributed by atoms with Gasteiger partial charge in [0.25, 0.3) is 0 Å². The number of aliphatic hydroxyl groups is 1. The summed E-state index contributed by atoms with van der Waals surface area (Å²) in [4.78, 5) is 27.7. The molecule has 3 aromatic carbocycles. The summed E-state index contributed by atoms with van der Waals surface area (Å²) < 4.78 is 5.18. The third kappa shape index (κ3) is 17.2. The molecule has 11 heteroatoms. The summed E-state index contributed by atoms with van der Waals surface area (Å²) in [6, 6.07) is 17.7. The van der Waals surface area contributed by atoms with Crippen molar-refractivity contribution < 1.29 is 29.6 Å². The molecule has 0 saturated carbocycles. The highest BCUT2D eigenvalue weighted by Crippen LogP contribution is 2.27. The van der Waals surface area contributed by atoms with E-state index in [-0.39, 0.29) is 23.4 Å². The average molecular weight is 682 g/mol. The molecular weight excluding hydrogens is 622 g/mol. The number of ether oxygens (including phenoxy) is 1. The van der Waals surface area contributed by atoms with E-state index in [9.17, 15) is 14.7 Å². The number of para-hydroxylation sites is 1. The number of carbonyl (C=O) groups excluding carboxylic acids is 2. The van der Waals surface area contributed by atoms with E-state index >= 15 is 0 Å². The smallest absolute Gasteiger partial charge is 0.338 e. The number of amides is 1. The van der Waals surface area contributed by atoms with Crippen molar-refractivity contribution in [3.63, 3.8) is 0 Å². The van der Waals surface area contributed by atoms with E-state index in [0.717, 1.165) is 55.1 Å². The van der Waals surface area contributed by atoms with Crippen molar-refractivity contribution in [2.24, 2.45) is 0 Å². The molecular formula is C38H59N5O6. The molecule has 0 fully saturated rings. The maximum atomic E-state index is 11.9. The molecule has 272 valence electrons. The van der Waals surface area contributed by atoms with Crippen molar-refractivity contribution in [3.8, 4) is 11.5 Å². The number of benzene rings is 3.